The van der Waals surface area contributed by atoms with Crippen LogP contribution in [-0.4, -0.2) is 88.4 Å². The average molecular weight is 621 g/mol. The molecule has 1 aliphatic heterocycles. The van der Waals surface area contributed by atoms with Gasteiger partial charge in [-0.1, -0.05) is 56.9 Å². The third kappa shape index (κ3) is 9.73. The number of nitrogens with one attached hydrogen (secondary N) is 2. The Morgan fingerprint density at radius 2 is 1.53 bits per heavy atom. The summed E-state index contributed by atoms with van der Waals surface area (Å²) in [6.45, 7) is 8.71. The van der Waals surface area contributed by atoms with Crippen molar-refractivity contribution >= 4 is 23.5 Å². The number of likely N-dealkylation sites (N-methyl/N-ethyl adjacent to an activating group) is 1. The van der Waals surface area contributed by atoms with Gasteiger partial charge in [-0.3, -0.25) is 23.9 Å². The Morgan fingerprint density at radius 1 is 0.889 bits per heavy atom. The van der Waals surface area contributed by atoms with E-state index in [-0.39, 0.29) is 35.5 Å². The molecule has 4 rings (SSSR count). The number of carbonyl (C=O) groups is 4. The Kier molecular flexibility index (Phi) is 12.7. The molecule has 0 bridgehead atoms. The first-order valence-electron chi connectivity index (χ1n) is 16.9. The molecule has 3 amide bonds. The summed E-state index contributed by atoms with van der Waals surface area (Å²) in [6.07, 6.45) is 9.64. The first-order chi connectivity index (χ1) is 21.7. The minimum Gasteiger partial charge on any atom is -0.344 e. The van der Waals surface area contributed by atoms with Crippen LogP contribution in [0.25, 0.3) is 0 Å². The molecule has 1 aliphatic carbocycles. The first-order valence-corrected chi connectivity index (χ1v) is 16.9. The fourth-order valence-electron chi connectivity index (χ4n) is 6.47. The van der Waals surface area contributed by atoms with Crippen molar-refractivity contribution in [2.75, 3.05) is 33.2 Å². The summed E-state index contributed by atoms with van der Waals surface area (Å²) in [6, 6.07) is 8.60. The summed E-state index contributed by atoms with van der Waals surface area (Å²) in [5, 5.41) is 10.3. The van der Waals surface area contributed by atoms with Crippen LogP contribution in [0.15, 0.2) is 36.5 Å². The van der Waals surface area contributed by atoms with E-state index in [2.05, 4.69) is 20.6 Å². The van der Waals surface area contributed by atoms with Gasteiger partial charge < -0.3 is 20.4 Å². The quantitative estimate of drug-likeness (QED) is 0.328. The van der Waals surface area contributed by atoms with Crippen LogP contribution in [-0.2, 0) is 27.2 Å². The number of Topliss-reactive ketones (excluding diaryl/α,β-unsaturated/α-hetero) is 1. The Hall–Kier alpha value is -3.53. The lowest BCUT2D eigenvalue weighted by Gasteiger charge is -2.34. The molecule has 1 aromatic carbocycles. The van der Waals surface area contributed by atoms with Crippen LogP contribution in [0.2, 0.25) is 0 Å². The lowest BCUT2D eigenvalue weighted by Crippen LogP contribution is -2.54. The van der Waals surface area contributed by atoms with Gasteiger partial charge in [-0.05, 0) is 63.3 Å². The SMILES string of the molecule is CCC(=O)N[C@H](Cc1ccc(CCC(=O)[C@@H](NC(=O)c2ccnn2C(C)C)C2CCCCCC2)cc1)C(=O)N1CCN(C)CC1. The molecule has 2 heterocycles. The Bertz CT molecular complexity index is 1270. The smallest absolute Gasteiger partial charge is 0.270 e. The van der Waals surface area contributed by atoms with Crippen LogP contribution in [0.5, 0.6) is 0 Å². The Labute approximate surface area is 268 Å². The number of benzene rings is 1. The topological polar surface area (TPSA) is 117 Å². The number of amides is 3. The highest BCUT2D eigenvalue weighted by atomic mass is 16.2. The number of ketones is 1. The maximum Gasteiger partial charge on any atom is 0.270 e. The third-order valence-electron chi connectivity index (χ3n) is 9.29. The molecule has 2 atom stereocenters. The van der Waals surface area contributed by atoms with Crippen molar-refractivity contribution in [2.45, 2.75) is 103 Å². The Morgan fingerprint density at radius 3 is 2.16 bits per heavy atom. The molecule has 2 aromatic rings. The Balaban J connectivity index is 1.40. The summed E-state index contributed by atoms with van der Waals surface area (Å²) in [5.74, 6) is -0.224. The molecule has 0 unspecified atom stereocenters. The van der Waals surface area contributed by atoms with Gasteiger partial charge in [0.25, 0.3) is 5.91 Å². The fraction of sp³-hybridized carbons (Fsp3) is 0.629. The average Bonchev–Trinajstić information content (AvgIpc) is 3.39. The van der Waals surface area contributed by atoms with Crippen molar-refractivity contribution in [3.63, 3.8) is 0 Å². The molecule has 1 aromatic heterocycles. The van der Waals surface area contributed by atoms with E-state index in [9.17, 15) is 19.2 Å². The number of aromatic nitrogens is 2. The van der Waals surface area contributed by atoms with Gasteiger partial charge in [-0.2, -0.15) is 5.10 Å². The van der Waals surface area contributed by atoms with Crippen LogP contribution >= 0.6 is 0 Å². The minimum absolute atomic E-state index is 0.0392. The maximum absolute atomic E-state index is 13.7. The molecule has 2 fully saturated rings. The zero-order chi connectivity index (χ0) is 32.3. The van der Waals surface area contributed by atoms with E-state index in [4.69, 9.17) is 0 Å². The first kappa shape index (κ1) is 34.3. The molecule has 10 nitrogen and oxygen atoms in total. The number of carbonyl (C=O) groups excluding carboxylic acids is 4. The van der Waals surface area contributed by atoms with E-state index in [0.29, 0.717) is 44.5 Å². The van der Waals surface area contributed by atoms with Crippen molar-refractivity contribution in [1.82, 2.24) is 30.2 Å². The van der Waals surface area contributed by atoms with Crippen LogP contribution in [0.1, 0.15) is 99.8 Å². The van der Waals surface area contributed by atoms with Gasteiger partial charge in [0.15, 0.2) is 5.78 Å². The fourth-order valence-corrected chi connectivity index (χ4v) is 6.47. The molecule has 1 saturated carbocycles. The second kappa shape index (κ2) is 16.7. The monoisotopic (exact) mass is 620 g/mol. The van der Waals surface area contributed by atoms with E-state index in [0.717, 1.165) is 49.9 Å². The molecular formula is C35H52N6O4. The molecule has 2 N–H and O–H groups in total. The number of piperazine rings is 1. The van der Waals surface area contributed by atoms with Gasteiger partial charge in [0.1, 0.15) is 11.7 Å². The number of rotatable bonds is 13. The zero-order valence-electron chi connectivity index (χ0n) is 27.6. The number of aryl methyl sites for hydroxylation is 1. The van der Waals surface area contributed by atoms with Gasteiger partial charge >= 0.3 is 0 Å². The molecule has 246 valence electrons. The van der Waals surface area contributed by atoms with Crippen molar-refractivity contribution in [3.8, 4) is 0 Å². The van der Waals surface area contributed by atoms with E-state index in [1.165, 1.54) is 12.8 Å². The highest BCUT2D eigenvalue weighted by molar-refractivity contribution is 5.97. The molecule has 2 aliphatic rings. The van der Waals surface area contributed by atoms with Crippen molar-refractivity contribution in [1.29, 1.82) is 0 Å². The maximum atomic E-state index is 13.7. The van der Waals surface area contributed by atoms with Gasteiger partial charge in [0.05, 0.1) is 6.04 Å². The number of hydrogen-bond donors (Lipinski definition) is 2. The summed E-state index contributed by atoms with van der Waals surface area (Å²) >= 11 is 0. The molecule has 45 heavy (non-hydrogen) atoms. The van der Waals surface area contributed by atoms with E-state index in [1.54, 1.807) is 23.9 Å². The highest BCUT2D eigenvalue weighted by Crippen LogP contribution is 2.27. The molecule has 0 radical (unpaired) electrons. The van der Waals surface area contributed by atoms with E-state index < -0.39 is 12.1 Å². The molecular weight excluding hydrogens is 568 g/mol. The van der Waals surface area contributed by atoms with Crippen LogP contribution < -0.4 is 10.6 Å². The van der Waals surface area contributed by atoms with Crippen molar-refractivity contribution in [3.05, 3.63) is 53.3 Å². The van der Waals surface area contributed by atoms with Gasteiger partial charge in [-0.25, -0.2) is 0 Å². The predicted molar refractivity (Wildman–Crippen MR) is 175 cm³/mol. The van der Waals surface area contributed by atoms with Gasteiger partial charge in [0, 0.05) is 57.7 Å². The largest absolute Gasteiger partial charge is 0.344 e. The summed E-state index contributed by atoms with van der Waals surface area (Å²) < 4.78 is 1.70. The highest BCUT2D eigenvalue weighted by Gasteiger charge is 2.31. The molecule has 10 heteroatoms. The van der Waals surface area contributed by atoms with Crippen LogP contribution in [0.3, 0.4) is 0 Å². The summed E-state index contributed by atoms with van der Waals surface area (Å²) in [5.41, 5.74) is 2.46. The minimum atomic E-state index is -0.607. The normalized spacial score (nSPS) is 17.8. The zero-order valence-corrected chi connectivity index (χ0v) is 27.6. The second-order valence-electron chi connectivity index (χ2n) is 13.0. The lowest BCUT2D eigenvalue weighted by molar-refractivity contribution is -0.137. The standard InChI is InChI=1S/C35H52N6O4/c1-5-32(43)37-29(35(45)40-22-20-39(4)21-23-40)24-27-14-12-26(13-15-27)16-17-31(42)33(28-10-8-6-7-9-11-28)38-34(44)30-18-19-36-41(30)25(2)3/h12-15,18-19,25,28-29,33H,5-11,16-17,20-24H2,1-4H3,(H,37,43)(H,38,44)/t29-,33+/m1/s1. The predicted octanol–water partition coefficient (Wildman–Crippen LogP) is 3.95. The van der Waals surface area contributed by atoms with Crippen LogP contribution in [0.4, 0.5) is 0 Å². The molecule has 0 spiro atoms. The third-order valence-corrected chi connectivity index (χ3v) is 9.29. The van der Waals surface area contributed by atoms with Crippen LogP contribution in [0, 0.1) is 5.92 Å². The second-order valence-corrected chi connectivity index (χ2v) is 13.0. The summed E-state index contributed by atoms with van der Waals surface area (Å²) in [7, 11) is 2.05. The summed E-state index contributed by atoms with van der Waals surface area (Å²) in [4.78, 5) is 56.7. The lowest BCUT2D eigenvalue weighted by atomic mass is 9.87. The molecule has 1 saturated heterocycles. The van der Waals surface area contributed by atoms with Gasteiger partial charge in [-0.15, -0.1) is 0 Å². The van der Waals surface area contributed by atoms with Crippen molar-refractivity contribution in [2.24, 2.45) is 5.92 Å². The van der Waals surface area contributed by atoms with E-state index in [1.807, 2.05) is 50.1 Å². The number of hydrogen-bond acceptors (Lipinski definition) is 6. The number of nitrogens with zero attached hydrogens (tertiary/aromatic N) is 4. The van der Waals surface area contributed by atoms with Gasteiger partial charge in [0.2, 0.25) is 11.8 Å². The van der Waals surface area contributed by atoms with Crippen molar-refractivity contribution < 1.29 is 19.2 Å². The van der Waals surface area contributed by atoms with E-state index >= 15 is 0 Å².